The molecule has 1 amide bonds. The van der Waals surface area contributed by atoms with E-state index in [1.807, 2.05) is 37.6 Å². The van der Waals surface area contributed by atoms with Crippen molar-refractivity contribution in [3.8, 4) is 11.8 Å². The van der Waals surface area contributed by atoms with Crippen LogP contribution < -0.4 is 0 Å². The van der Waals surface area contributed by atoms with Crippen molar-refractivity contribution in [2.75, 3.05) is 13.1 Å². The molecule has 0 radical (unpaired) electrons. The van der Waals surface area contributed by atoms with Gasteiger partial charge in [-0.1, -0.05) is 11.8 Å². The molecule has 2 heterocycles. The summed E-state index contributed by atoms with van der Waals surface area (Å²) in [6, 6.07) is 1.97. The summed E-state index contributed by atoms with van der Waals surface area (Å²) in [7, 11) is 0. The summed E-state index contributed by atoms with van der Waals surface area (Å²) in [5.41, 5.74) is -0.307. The maximum absolute atomic E-state index is 12.0. The van der Waals surface area contributed by atoms with Gasteiger partial charge in [0.05, 0.1) is 5.60 Å². The van der Waals surface area contributed by atoms with E-state index in [4.69, 9.17) is 4.74 Å². The van der Waals surface area contributed by atoms with E-state index in [0.29, 0.717) is 32.4 Å². The molecule has 1 saturated heterocycles. The maximum atomic E-state index is 12.0. The lowest BCUT2D eigenvalue weighted by atomic mass is 9.88. The zero-order valence-electron chi connectivity index (χ0n) is 13.4. The van der Waals surface area contributed by atoms with Crippen molar-refractivity contribution in [2.45, 2.75) is 51.2 Å². The molecule has 4 nitrogen and oxygen atoms in total. The molecular weight excluding hydrogens is 298 g/mol. The summed E-state index contributed by atoms with van der Waals surface area (Å²) in [6.07, 6.45) is 1.19. The average molecular weight is 321 g/mol. The van der Waals surface area contributed by atoms with Crippen LogP contribution in [0.5, 0.6) is 0 Å². The second-order valence-electron chi connectivity index (χ2n) is 6.68. The second-order valence-corrected chi connectivity index (χ2v) is 7.46. The van der Waals surface area contributed by atoms with Gasteiger partial charge in [0, 0.05) is 30.5 Å². The molecule has 1 aliphatic rings. The minimum absolute atomic E-state index is 0.307. The summed E-state index contributed by atoms with van der Waals surface area (Å²) >= 11 is 1.61. The zero-order valence-corrected chi connectivity index (χ0v) is 14.2. The largest absolute Gasteiger partial charge is 0.444 e. The molecule has 22 heavy (non-hydrogen) atoms. The Kier molecular flexibility index (Phi) is 5.15. The van der Waals surface area contributed by atoms with Crippen LogP contribution in [0.1, 0.15) is 45.6 Å². The summed E-state index contributed by atoms with van der Waals surface area (Å²) < 4.78 is 5.35. The second kappa shape index (κ2) is 6.72. The molecule has 0 aliphatic carbocycles. The van der Waals surface area contributed by atoms with Gasteiger partial charge in [-0.3, -0.25) is 0 Å². The van der Waals surface area contributed by atoms with E-state index in [-0.39, 0.29) is 6.09 Å². The van der Waals surface area contributed by atoms with Crippen LogP contribution in [0.2, 0.25) is 0 Å². The first kappa shape index (κ1) is 16.9. The highest BCUT2D eigenvalue weighted by Gasteiger charge is 2.34. The van der Waals surface area contributed by atoms with Gasteiger partial charge in [0.2, 0.25) is 0 Å². The van der Waals surface area contributed by atoms with Crippen LogP contribution in [-0.2, 0) is 4.74 Å². The van der Waals surface area contributed by atoms with Gasteiger partial charge in [-0.2, -0.15) is 11.3 Å². The van der Waals surface area contributed by atoms with Crippen molar-refractivity contribution < 1.29 is 14.6 Å². The van der Waals surface area contributed by atoms with Gasteiger partial charge >= 0.3 is 6.09 Å². The molecular formula is C17H23NO3S. The van der Waals surface area contributed by atoms with Gasteiger partial charge < -0.3 is 14.7 Å². The van der Waals surface area contributed by atoms with Crippen molar-refractivity contribution in [3.05, 3.63) is 22.4 Å². The highest BCUT2D eigenvalue weighted by molar-refractivity contribution is 7.08. The highest BCUT2D eigenvalue weighted by Crippen LogP contribution is 2.26. The molecule has 1 N–H and O–H groups in total. The monoisotopic (exact) mass is 321 g/mol. The minimum atomic E-state index is -0.804. The number of hydrogen-bond acceptors (Lipinski definition) is 4. The fourth-order valence-corrected chi connectivity index (χ4v) is 2.84. The lowest BCUT2D eigenvalue weighted by Crippen LogP contribution is -2.47. The summed E-state index contributed by atoms with van der Waals surface area (Å²) in [5, 5.41) is 14.5. The number of amides is 1. The molecule has 0 aromatic carbocycles. The number of ether oxygens (including phenoxy) is 1. The van der Waals surface area contributed by atoms with Crippen LogP contribution in [0.25, 0.3) is 0 Å². The first-order valence-corrected chi connectivity index (χ1v) is 8.43. The van der Waals surface area contributed by atoms with Gasteiger partial charge in [-0.25, -0.2) is 4.79 Å². The van der Waals surface area contributed by atoms with Crippen molar-refractivity contribution in [2.24, 2.45) is 0 Å². The van der Waals surface area contributed by atoms with Crippen LogP contribution in [0.4, 0.5) is 4.79 Å². The Bertz CT molecular complexity index is 555. The van der Waals surface area contributed by atoms with Crippen LogP contribution in [0.15, 0.2) is 16.8 Å². The number of rotatable bonds is 1. The molecule has 0 bridgehead atoms. The fourth-order valence-electron chi connectivity index (χ4n) is 2.26. The molecule has 5 heteroatoms. The summed E-state index contributed by atoms with van der Waals surface area (Å²) in [5.74, 6) is 6.11. The van der Waals surface area contributed by atoms with E-state index in [0.717, 1.165) is 5.56 Å². The molecule has 2 rings (SSSR count). The van der Waals surface area contributed by atoms with Crippen molar-refractivity contribution in [1.29, 1.82) is 0 Å². The molecule has 120 valence electrons. The normalized spacial score (nSPS) is 17.5. The van der Waals surface area contributed by atoms with Gasteiger partial charge in [0.1, 0.15) is 5.60 Å². The van der Waals surface area contributed by atoms with Crippen LogP contribution in [0, 0.1) is 11.8 Å². The number of hydrogen-bond donors (Lipinski definition) is 1. The Labute approximate surface area is 136 Å². The Balaban J connectivity index is 1.84. The van der Waals surface area contributed by atoms with Gasteiger partial charge in [0.25, 0.3) is 0 Å². The van der Waals surface area contributed by atoms with Gasteiger partial charge in [0.15, 0.2) is 0 Å². The lowest BCUT2D eigenvalue weighted by Gasteiger charge is -2.37. The number of aliphatic hydroxyl groups is 1. The van der Waals surface area contributed by atoms with E-state index in [1.54, 1.807) is 16.2 Å². The Morgan fingerprint density at radius 3 is 2.68 bits per heavy atom. The minimum Gasteiger partial charge on any atom is -0.444 e. The number of likely N-dealkylation sites (tertiary alicyclic amines) is 1. The Morgan fingerprint density at radius 1 is 1.45 bits per heavy atom. The Hall–Kier alpha value is -1.51. The van der Waals surface area contributed by atoms with Crippen LogP contribution in [0.3, 0.4) is 0 Å². The Morgan fingerprint density at radius 2 is 2.14 bits per heavy atom. The quantitative estimate of drug-likeness (QED) is 0.808. The van der Waals surface area contributed by atoms with Gasteiger partial charge in [-0.15, -0.1) is 0 Å². The lowest BCUT2D eigenvalue weighted by molar-refractivity contribution is -0.0289. The molecule has 1 aromatic heterocycles. The number of nitrogens with zero attached hydrogens (tertiary/aromatic N) is 1. The number of piperidine rings is 1. The predicted molar refractivity (Wildman–Crippen MR) is 87.8 cm³/mol. The SMILES string of the molecule is CC(C)(C)OC(=O)N1CCC(O)(CC#Cc2ccsc2)CC1. The molecule has 0 spiro atoms. The van der Waals surface area contributed by atoms with E-state index >= 15 is 0 Å². The standard InChI is InChI=1S/C17H23NO3S/c1-16(2,3)21-15(19)18-10-8-17(20,9-11-18)7-4-5-14-6-12-22-13-14/h6,12-13,20H,7-11H2,1-3H3. The molecule has 1 fully saturated rings. The smallest absolute Gasteiger partial charge is 0.410 e. The summed E-state index contributed by atoms with van der Waals surface area (Å²) in [6.45, 7) is 6.57. The van der Waals surface area contributed by atoms with Crippen molar-refractivity contribution in [3.63, 3.8) is 0 Å². The topological polar surface area (TPSA) is 49.8 Å². The van der Waals surface area contributed by atoms with E-state index in [9.17, 15) is 9.90 Å². The van der Waals surface area contributed by atoms with Crippen molar-refractivity contribution in [1.82, 2.24) is 4.90 Å². The molecule has 0 saturated carbocycles. The molecule has 1 aromatic rings. The number of thiophene rings is 1. The maximum Gasteiger partial charge on any atom is 0.410 e. The molecule has 0 atom stereocenters. The zero-order chi connectivity index (χ0) is 16.2. The van der Waals surface area contributed by atoms with E-state index in [1.165, 1.54) is 0 Å². The molecule has 0 unspecified atom stereocenters. The summed E-state index contributed by atoms with van der Waals surface area (Å²) in [4.78, 5) is 13.6. The molecule has 1 aliphatic heterocycles. The third-order valence-electron chi connectivity index (χ3n) is 3.52. The average Bonchev–Trinajstić information content (AvgIpc) is 2.90. The van der Waals surface area contributed by atoms with Gasteiger partial charge in [-0.05, 0) is 45.1 Å². The number of carbonyl (C=O) groups excluding carboxylic acids is 1. The van der Waals surface area contributed by atoms with Crippen LogP contribution >= 0.6 is 11.3 Å². The first-order chi connectivity index (χ1) is 10.3. The first-order valence-electron chi connectivity index (χ1n) is 7.49. The predicted octanol–water partition coefficient (Wildman–Crippen LogP) is 3.25. The van der Waals surface area contributed by atoms with Crippen molar-refractivity contribution >= 4 is 17.4 Å². The van der Waals surface area contributed by atoms with E-state index in [2.05, 4.69) is 11.8 Å². The number of carbonyl (C=O) groups is 1. The third kappa shape index (κ3) is 5.04. The van der Waals surface area contributed by atoms with Crippen LogP contribution in [-0.4, -0.2) is 40.4 Å². The van der Waals surface area contributed by atoms with E-state index < -0.39 is 11.2 Å². The third-order valence-corrected chi connectivity index (χ3v) is 4.20. The fraction of sp³-hybridized carbons (Fsp3) is 0.588. The highest BCUT2D eigenvalue weighted by atomic mass is 32.1.